The van der Waals surface area contributed by atoms with Crippen LogP contribution in [0.5, 0.6) is 0 Å². The molecule has 1 aliphatic rings. The maximum Gasteiger partial charge on any atom is 0.247 e. The van der Waals surface area contributed by atoms with Crippen molar-refractivity contribution < 1.29 is 9.53 Å². The van der Waals surface area contributed by atoms with Crippen LogP contribution in [0.15, 0.2) is 4.47 Å². The monoisotopic (exact) mass is 316 g/mol. The number of rotatable bonds is 3. The minimum absolute atomic E-state index is 0.408. The topological polar surface area (TPSA) is 73.4 Å². The van der Waals surface area contributed by atoms with Crippen LogP contribution in [0, 0.1) is 13.8 Å². The van der Waals surface area contributed by atoms with Gasteiger partial charge < -0.3 is 10.5 Å². The van der Waals surface area contributed by atoms with Crippen molar-refractivity contribution in [2.75, 3.05) is 19.7 Å². The van der Waals surface area contributed by atoms with Gasteiger partial charge in [-0.3, -0.25) is 14.4 Å². The summed E-state index contributed by atoms with van der Waals surface area (Å²) in [4.78, 5) is 13.2. The van der Waals surface area contributed by atoms with Gasteiger partial charge in [0, 0.05) is 13.1 Å². The second kappa shape index (κ2) is 5.38. The zero-order valence-electron chi connectivity index (χ0n) is 10.5. The molecule has 1 aliphatic heterocycles. The third kappa shape index (κ3) is 2.73. The number of hydrogen-bond donors (Lipinski definition) is 1. The predicted molar refractivity (Wildman–Crippen MR) is 69.9 cm³/mol. The summed E-state index contributed by atoms with van der Waals surface area (Å²) >= 11 is 3.50. The van der Waals surface area contributed by atoms with Gasteiger partial charge in [-0.25, -0.2) is 0 Å². The van der Waals surface area contributed by atoms with Gasteiger partial charge in [0.05, 0.1) is 29.1 Å². The first kappa shape index (κ1) is 13.5. The van der Waals surface area contributed by atoms with Crippen molar-refractivity contribution in [3.8, 4) is 0 Å². The van der Waals surface area contributed by atoms with E-state index in [1.165, 1.54) is 0 Å². The summed E-state index contributed by atoms with van der Waals surface area (Å²) in [5.41, 5.74) is 7.30. The van der Waals surface area contributed by atoms with Crippen LogP contribution >= 0.6 is 15.9 Å². The molecule has 100 valence electrons. The van der Waals surface area contributed by atoms with Crippen LogP contribution in [0.2, 0.25) is 0 Å². The Kier molecular flexibility index (Phi) is 4.04. The molecular formula is C11H17BrN4O2. The van der Waals surface area contributed by atoms with Crippen molar-refractivity contribution in [1.82, 2.24) is 14.7 Å². The molecule has 7 heteroatoms. The lowest BCUT2D eigenvalue weighted by Crippen LogP contribution is -2.48. The standard InChI is InChI=1S/C11H17BrN4O2/c1-7-10(12)8(2)16(14-7)6-15-3-4-18-9(5-15)11(13)17/h9H,3-6H2,1-2H3,(H2,13,17). The third-order valence-electron chi connectivity index (χ3n) is 3.10. The lowest BCUT2D eigenvalue weighted by Gasteiger charge is -2.31. The van der Waals surface area contributed by atoms with Crippen LogP contribution < -0.4 is 5.73 Å². The summed E-state index contributed by atoms with van der Waals surface area (Å²) in [5.74, 6) is -0.408. The van der Waals surface area contributed by atoms with Crippen molar-refractivity contribution in [2.24, 2.45) is 5.73 Å². The summed E-state index contributed by atoms with van der Waals surface area (Å²) in [6, 6.07) is 0. The maximum absolute atomic E-state index is 11.1. The lowest BCUT2D eigenvalue weighted by atomic mass is 10.3. The average Bonchev–Trinajstić information content (AvgIpc) is 2.57. The number of primary amides is 1. The van der Waals surface area contributed by atoms with E-state index in [9.17, 15) is 4.79 Å². The number of nitrogens with two attached hydrogens (primary N) is 1. The number of halogens is 1. The Bertz CT molecular complexity index is 460. The molecule has 0 bridgehead atoms. The molecule has 18 heavy (non-hydrogen) atoms. The second-order valence-electron chi connectivity index (χ2n) is 4.46. The van der Waals surface area contributed by atoms with E-state index < -0.39 is 12.0 Å². The fourth-order valence-electron chi connectivity index (χ4n) is 2.01. The van der Waals surface area contributed by atoms with Gasteiger partial charge in [0.2, 0.25) is 5.91 Å². The smallest absolute Gasteiger partial charge is 0.247 e. The van der Waals surface area contributed by atoms with E-state index in [-0.39, 0.29) is 0 Å². The minimum Gasteiger partial charge on any atom is -0.367 e. The molecule has 0 aliphatic carbocycles. The molecule has 2 rings (SSSR count). The van der Waals surface area contributed by atoms with E-state index in [2.05, 4.69) is 25.9 Å². The number of amides is 1. The molecular weight excluding hydrogens is 300 g/mol. The first-order valence-corrected chi connectivity index (χ1v) is 6.61. The summed E-state index contributed by atoms with van der Waals surface area (Å²) in [6.07, 6.45) is -0.515. The van der Waals surface area contributed by atoms with Crippen LogP contribution in [-0.2, 0) is 16.2 Å². The van der Waals surface area contributed by atoms with Crippen molar-refractivity contribution in [2.45, 2.75) is 26.6 Å². The van der Waals surface area contributed by atoms with Crippen molar-refractivity contribution in [1.29, 1.82) is 0 Å². The lowest BCUT2D eigenvalue weighted by molar-refractivity contribution is -0.136. The highest BCUT2D eigenvalue weighted by molar-refractivity contribution is 9.10. The van der Waals surface area contributed by atoms with Crippen LogP contribution in [0.25, 0.3) is 0 Å². The summed E-state index contributed by atoms with van der Waals surface area (Å²) in [5, 5.41) is 4.44. The molecule has 1 saturated heterocycles. The van der Waals surface area contributed by atoms with E-state index in [0.717, 1.165) is 22.4 Å². The second-order valence-corrected chi connectivity index (χ2v) is 5.26. The normalized spacial score (nSPS) is 21.2. The number of carbonyl (C=O) groups is 1. The minimum atomic E-state index is -0.515. The Morgan fingerprint density at radius 2 is 2.33 bits per heavy atom. The van der Waals surface area contributed by atoms with E-state index >= 15 is 0 Å². The Morgan fingerprint density at radius 1 is 1.61 bits per heavy atom. The van der Waals surface area contributed by atoms with Crippen LogP contribution in [0.3, 0.4) is 0 Å². The summed E-state index contributed by atoms with van der Waals surface area (Å²) in [7, 11) is 0. The molecule has 0 radical (unpaired) electrons. The Labute approximate surface area is 114 Å². The molecule has 0 spiro atoms. The van der Waals surface area contributed by atoms with Gasteiger partial charge >= 0.3 is 0 Å². The fraction of sp³-hybridized carbons (Fsp3) is 0.636. The Hall–Kier alpha value is -0.920. The number of carbonyl (C=O) groups excluding carboxylic acids is 1. The molecule has 2 heterocycles. The number of ether oxygens (including phenoxy) is 1. The van der Waals surface area contributed by atoms with Gasteiger partial charge in [-0.1, -0.05) is 0 Å². The van der Waals surface area contributed by atoms with E-state index in [1.807, 2.05) is 18.5 Å². The fourth-order valence-corrected chi connectivity index (χ4v) is 2.29. The maximum atomic E-state index is 11.1. The highest BCUT2D eigenvalue weighted by Crippen LogP contribution is 2.20. The van der Waals surface area contributed by atoms with Crippen LogP contribution in [0.1, 0.15) is 11.4 Å². The molecule has 2 N–H and O–H groups in total. The zero-order valence-corrected chi connectivity index (χ0v) is 12.1. The molecule has 0 aromatic carbocycles. The van der Waals surface area contributed by atoms with Crippen LogP contribution in [0.4, 0.5) is 0 Å². The van der Waals surface area contributed by atoms with Gasteiger partial charge in [-0.15, -0.1) is 0 Å². The Balaban J connectivity index is 2.05. The quantitative estimate of drug-likeness (QED) is 0.876. The van der Waals surface area contributed by atoms with Crippen molar-refractivity contribution >= 4 is 21.8 Å². The first-order valence-electron chi connectivity index (χ1n) is 5.82. The number of morpholine rings is 1. The van der Waals surface area contributed by atoms with Gasteiger partial charge in [0.1, 0.15) is 6.10 Å². The molecule has 1 aromatic heterocycles. The van der Waals surface area contributed by atoms with Crippen molar-refractivity contribution in [3.05, 3.63) is 15.9 Å². The summed E-state index contributed by atoms with van der Waals surface area (Å²) < 4.78 is 8.26. The number of aryl methyl sites for hydroxylation is 1. The molecule has 1 fully saturated rings. The highest BCUT2D eigenvalue weighted by atomic mass is 79.9. The zero-order chi connectivity index (χ0) is 13.3. The predicted octanol–water partition coefficient (Wildman–Crippen LogP) is 0.406. The van der Waals surface area contributed by atoms with Crippen LogP contribution in [-0.4, -0.2) is 46.4 Å². The molecule has 0 saturated carbocycles. The molecule has 1 unspecified atom stereocenters. The summed E-state index contributed by atoms with van der Waals surface area (Å²) in [6.45, 7) is 6.43. The molecule has 1 aromatic rings. The van der Waals surface area contributed by atoms with E-state index in [4.69, 9.17) is 10.5 Å². The van der Waals surface area contributed by atoms with Gasteiger partial charge in [0.25, 0.3) is 0 Å². The number of aromatic nitrogens is 2. The van der Waals surface area contributed by atoms with Gasteiger partial charge in [-0.05, 0) is 29.8 Å². The van der Waals surface area contributed by atoms with Crippen molar-refractivity contribution in [3.63, 3.8) is 0 Å². The molecule has 6 nitrogen and oxygen atoms in total. The third-order valence-corrected chi connectivity index (χ3v) is 4.24. The highest BCUT2D eigenvalue weighted by Gasteiger charge is 2.25. The molecule has 1 atom stereocenters. The van der Waals surface area contributed by atoms with E-state index in [0.29, 0.717) is 19.8 Å². The first-order chi connectivity index (χ1) is 8.49. The number of hydrogen-bond acceptors (Lipinski definition) is 4. The van der Waals surface area contributed by atoms with E-state index in [1.54, 1.807) is 0 Å². The number of nitrogens with zero attached hydrogens (tertiary/aromatic N) is 3. The SMILES string of the molecule is Cc1nn(CN2CCOC(C(N)=O)C2)c(C)c1Br. The van der Waals surface area contributed by atoms with Gasteiger partial charge in [0.15, 0.2) is 0 Å². The van der Waals surface area contributed by atoms with Gasteiger partial charge in [-0.2, -0.15) is 5.10 Å². The largest absolute Gasteiger partial charge is 0.367 e. The Morgan fingerprint density at radius 3 is 2.89 bits per heavy atom. The molecule has 1 amide bonds. The average molecular weight is 317 g/mol.